The number of nitrogens with one attached hydrogen (secondary N) is 2. The van der Waals surface area contributed by atoms with Gasteiger partial charge in [0.2, 0.25) is 11.6 Å². The molecule has 2 aromatic carbocycles. The summed E-state index contributed by atoms with van der Waals surface area (Å²) >= 11 is 0. The molecule has 78 heavy (non-hydrogen) atoms. The maximum atomic E-state index is 13.3. The van der Waals surface area contributed by atoms with Crippen LogP contribution >= 0.6 is 0 Å². The number of halogens is 6. The van der Waals surface area contributed by atoms with Gasteiger partial charge in [0.15, 0.2) is 0 Å². The molecule has 8 aromatic heterocycles. The second kappa shape index (κ2) is 19.8. The molecule has 20 nitrogen and oxygen atoms in total. The van der Waals surface area contributed by atoms with Gasteiger partial charge in [-0.1, -0.05) is 24.3 Å². The van der Waals surface area contributed by atoms with Crippen LogP contribution in [0.2, 0.25) is 0 Å². The van der Waals surface area contributed by atoms with Gasteiger partial charge in [-0.05, 0) is 86.3 Å². The Kier molecular flexibility index (Phi) is 12.8. The molecule has 10 aromatic rings. The molecule has 6 N–H and O–H groups in total. The number of imidazole rings is 2. The molecule has 10 heterocycles. The topological polar surface area (TPSA) is 258 Å². The number of nitrogens with two attached hydrogens (primary N) is 2. The van der Waals surface area contributed by atoms with Gasteiger partial charge in [-0.2, -0.15) is 26.3 Å². The highest BCUT2D eigenvalue weighted by Gasteiger charge is 2.42. The fourth-order valence-electron chi connectivity index (χ4n) is 9.82. The molecule has 2 atom stereocenters. The molecule has 0 bridgehead atoms. The number of anilines is 4. The predicted octanol–water partition coefficient (Wildman–Crippen LogP) is 8.55. The Hall–Kier alpha value is -9.62. The van der Waals surface area contributed by atoms with Crippen LogP contribution < -0.4 is 22.1 Å². The summed E-state index contributed by atoms with van der Waals surface area (Å²) in [6.07, 6.45) is 2.01. The first-order chi connectivity index (χ1) is 37.4. The molecular weight excluding hydrogens is 1020 g/mol. The van der Waals surface area contributed by atoms with Gasteiger partial charge in [-0.3, -0.25) is 18.4 Å². The quantitative estimate of drug-likeness (QED) is 0.104. The minimum absolute atomic E-state index is 0.117. The average molecular weight is 1070 g/mol. The number of amides is 2. The van der Waals surface area contributed by atoms with Crippen molar-refractivity contribution in [2.45, 2.75) is 76.8 Å². The van der Waals surface area contributed by atoms with Gasteiger partial charge in [-0.15, -0.1) is 20.4 Å². The Balaban J connectivity index is 0.000000165. The standard InChI is InChI=1S/2C26H22F3N9O/c2*1-14-6-8-31-18(12-14)33-24(39)16-4-2-15(3-5-16)20-21-22(30)32-9-11-38(21)23(34-20)17-7-10-37-19(13-17)35-36-25(37)26(27,28)29/h2*2-6,8-9,11-12,17H,7,10,13H2,1H3,(H2,30,32)(H,31,33,39)/t2*17-/m10/s1. The van der Waals surface area contributed by atoms with Crippen LogP contribution in [0, 0.1) is 13.8 Å². The monoisotopic (exact) mass is 1070 g/mol. The molecule has 0 saturated heterocycles. The number of aryl methyl sites for hydroxylation is 2. The maximum absolute atomic E-state index is 13.3. The predicted molar refractivity (Wildman–Crippen MR) is 272 cm³/mol. The summed E-state index contributed by atoms with van der Waals surface area (Å²) in [5.41, 5.74) is 19.0. The van der Waals surface area contributed by atoms with Crippen LogP contribution in [0.1, 0.15) is 91.5 Å². The summed E-state index contributed by atoms with van der Waals surface area (Å²) in [5.74, 6) is 0.242. The number of aromatic nitrogens is 14. The van der Waals surface area contributed by atoms with Gasteiger partial charge < -0.3 is 31.2 Å². The van der Waals surface area contributed by atoms with E-state index in [1.54, 1.807) is 97.8 Å². The van der Waals surface area contributed by atoms with E-state index in [2.05, 4.69) is 51.0 Å². The summed E-state index contributed by atoms with van der Waals surface area (Å²) in [4.78, 5) is 52.0. The van der Waals surface area contributed by atoms with Crippen LogP contribution in [0.5, 0.6) is 0 Å². The third-order valence-corrected chi connectivity index (χ3v) is 13.5. The van der Waals surface area contributed by atoms with Crippen LogP contribution in [0.3, 0.4) is 0 Å². The Labute approximate surface area is 437 Å². The van der Waals surface area contributed by atoms with Crippen LogP contribution in [0.4, 0.5) is 49.6 Å². The Morgan fingerprint density at radius 1 is 0.551 bits per heavy atom. The van der Waals surface area contributed by atoms with Gasteiger partial charge >= 0.3 is 12.4 Å². The van der Waals surface area contributed by atoms with Crippen molar-refractivity contribution in [1.29, 1.82) is 0 Å². The summed E-state index contributed by atoms with van der Waals surface area (Å²) in [6.45, 7) is 4.06. The first-order valence-electron chi connectivity index (χ1n) is 24.3. The molecule has 0 fully saturated rings. The molecule has 0 unspecified atom stereocenters. The van der Waals surface area contributed by atoms with E-state index in [4.69, 9.17) is 21.4 Å². The Bertz CT molecular complexity index is 3670. The number of fused-ring (bicyclic) bond motifs is 4. The van der Waals surface area contributed by atoms with Crippen LogP contribution in [0.25, 0.3) is 33.5 Å². The van der Waals surface area contributed by atoms with E-state index in [-0.39, 0.29) is 72.9 Å². The van der Waals surface area contributed by atoms with E-state index in [0.29, 0.717) is 80.8 Å². The Morgan fingerprint density at radius 2 is 0.949 bits per heavy atom. The Morgan fingerprint density at radius 3 is 1.32 bits per heavy atom. The highest BCUT2D eigenvalue weighted by molar-refractivity contribution is 6.05. The van der Waals surface area contributed by atoms with Gasteiger partial charge in [0.25, 0.3) is 11.8 Å². The van der Waals surface area contributed by atoms with E-state index < -0.39 is 24.0 Å². The summed E-state index contributed by atoms with van der Waals surface area (Å²) in [5, 5.41) is 19.9. The van der Waals surface area contributed by atoms with Crippen molar-refractivity contribution >= 4 is 46.1 Å². The van der Waals surface area contributed by atoms with Crippen LogP contribution in [-0.4, -0.2) is 80.0 Å². The number of carbonyl (C=O) groups excluding carboxylic acids is 2. The van der Waals surface area contributed by atoms with Gasteiger partial charge in [0.05, 0.1) is 0 Å². The number of pyridine rings is 2. The smallest absolute Gasteiger partial charge is 0.382 e. The molecular formula is C52H44F6N18O2. The van der Waals surface area contributed by atoms with Gasteiger partial charge in [0.1, 0.15) is 69.0 Å². The molecule has 396 valence electrons. The van der Waals surface area contributed by atoms with E-state index in [1.807, 2.05) is 34.8 Å². The number of hydrogen-bond donors (Lipinski definition) is 4. The third kappa shape index (κ3) is 9.77. The van der Waals surface area contributed by atoms with Crippen molar-refractivity contribution < 1.29 is 35.9 Å². The second-order valence-corrected chi connectivity index (χ2v) is 18.8. The first kappa shape index (κ1) is 50.5. The number of carbonyl (C=O) groups is 2. The zero-order valence-corrected chi connectivity index (χ0v) is 41.3. The average Bonchev–Trinajstić information content (AvgIpc) is 4.44. The molecule has 0 spiro atoms. The fourth-order valence-corrected chi connectivity index (χ4v) is 9.82. The second-order valence-electron chi connectivity index (χ2n) is 18.8. The van der Waals surface area contributed by atoms with E-state index in [9.17, 15) is 35.9 Å². The highest BCUT2D eigenvalue weighted by atomic mass is 19.4. The highest BCUT2D eigenvalue weighted by Crippen LogP contribution is 2.39. The summed E-state index contributed by atoms with van der Waals surface area (Å²) < 4.78 is 85.6. The van der Waals surface area contributed by atoms with E-state index in [1.165, 1.54) is 0 Å². The number of rotatable bonds is 8. The van der Waals surface area contributed by atoms with Gasteiger partial charge in [-0.25, -0.2) is 29.9 Å². The zero-order chi connectivity index (χ0) is 54.6. The van der Waals surface area contributed by atoms with Gasteiger partial charge in [0, 0.05) is 97.2 Å². The van der Waals surface area contributed by atoms with Crippen molar-refractivity contribution in [3.8, 4) is 22.5 Å². The minimum Gasteiger partial charge on any atom is -0.382 e. The molecule has 2 amide bonds. The third-order valence-electron chi connectivity index (χ3n) is 13.5. The van der Waals surface area contributed by atoms with E-state index in [0.717, 1.165) is 20.3 Å². The fraction of sp³-hybridized carbons (Fsp3) is 0.231. The van der Waals surface area contributed by atoms with Crippen LogP contribution in [0.15, 0.2) is 110 Å². The zero-order valence-electron chi connectivity index (χ0n) is 41.3. The molecule has 0 saturated carbocycles. The lowest BCUT2D eigenvalue weighted by atomic mass is 9.97. The molecule has 26 heteroatoms. The summed E-state index contributed by atoms with van der Waals surface area (Å²) in [7, 11) is 0. The number of hydrogen-bond acceptors (Lipinski definition) is 14. The molecule has 0 aliphatic carbocycles. The molecule has 2 aliphatic heterocycles. The van der Waals surface area contributed by atoms with Crippen molar-refractivity contribution in [1.82, 2.24) is 68.2 Å². The maximum Gasteiger partial charge on any atom is 0.451 e. The normalized spacial score (nSPS) is 15.3. The lowest BCUT2D eigenvalue weighted by molar-refractivity contribution is -0.148. The number of nitrogens with zero attached hydrogens (tertiary/aromatic N) is 14. The van der Waals surface area contributed by atoms with Crippen molar-refractivity contribution in [2.75, 3.05) is 22.1 Å². The van der Waals surface area contributed by atoms with Crippen LogP contribution in [-0.2, 0) is 38.3 Å². The number of alkyl halides is 6. The first-order valence-corrected chi connectivity index (χ1v) is 24.3. The molecule has 12 rings (SSSR count). The summed E-state index contributed by atoms with van der Waals surface area (Å²) in [6, 6.07) is 21.0. The number of nitrogen functional groups attached to an aromatic ring is 2. The molecule has 0 radical (unpaired) electrons. The lowest BCUT2D eigenvalue weighted by Crippen LogP contribution is -2.24. The lowest BCUT2D eigenvalue weighted by Gasteiger charge is -2.23. The van der Waals surface area contributed by atoms with Crippen molar-refractivity contribution in [3.05, 3.63) is 167 Å². The minimum atomic E-state index is -4.56. The SMILES string of the molecule is Cc1ccnc(NC(=O)c2ccc(-c3nc([C@@H]4CCn5c(nnc5C(F)(F)F)C4)n4ccnc(N)c34)cc2)c1.Cc1ccnc(NC(=O)c2ccc(-c3nc([C@H]4CCn5c(nnc5C(F)(F)F)C4)n4ccnc(N)c34)cc2)c1. The van der Waals surface area contributed by atoms with Crippen molar-refractivity contribution in [2.24, 2.45) is 0 Å². The van der Waals surface area contributed by atoms with Crippen molar-refractivity contribution in [3.63, 3.8) is 0 Å². The van der Waals surface area contributed by atoms with E-state index >= 15 is 0 Å². The molecule has 2 aliphatic rings. The number of benzene rings is 2. The largest absolute Gasteiger partial charge is 0.451 e.